The van der Waals surface area contributed by atoms with E-state index in [4.69, 9.17) is 9.83 Å². The van der Waals surface area contributed by atoms with E-state index in [2.05, 4.69) is 0 Å². The smallest absolute Gasteiger partial charge is 0.293 e. The van der Waals surface area contributed by atoms with Crippen molar-refractivity contribution in [3.05, 3.63) is 81.9 Å². The van der Waals surface area contributed by atoms with Gasteiger partial charge in [0, 0.05) is 16.1 Å². The third kappa shape index (κ3) is 2.62. The summed E-state index contributed by atoms with van der Waals surface area (Å²) in [5, 5.41) is 17.3. The highest BCUT2D eigenvalue weighted by molar-refractivity contribution is 6.22. The molecule has 0 unspecified atom stereocenters. The molecular weight excluding hydrogens is 272 g/mol. The fraction of sp³-hybridized carbons (Fsp3) is 0.143. The average molecular weight is 288 g/mol. The second kappa shape index (κ2) is 6.42. The Morgan fingerprint density at radius 2 is 1.50 bits per heavy atom. The molecule has 0 atom stereocenters. The van der Waals surface area contributed by atoms with Gasteiger partial charge in [-0.3, -0.25) is 10.1 Å². The van der Waals surface area contributed by atoms with Crippen molar-refractivity contribution in [3.8, 4) is 0 Å². The quantitative estimate of drug-likeness (QED) is 0.492. The van der Waals surface area contributed by atoms with Gasteiger partial charge in [-0.05, 0) is 0 Å². The Kier molecular flexibility index (Phi) is 4.62. The van der Waals surface area contributed by atoms with Crippen LogP contribution in [0.15, 0.2) is 60.7 Å². The minimum atomic E-state index is -1.41. The van der Waals surface area contributed by atoms with Crippen molar-refractivity contribution in [2.45, 2.75) is 5.54 Å². The van der Waals surface area contributed by atoms with Crippen molar-refractivity contribution in [1.82, 2.24) is 0 Å². The number of hydrogen-bond acceptors (Lipinski definition) is 4. The molecule has 0 aliphatic rings. The van der Waals surface area contributed by atoms with Crippen molar-refractivity contribution in [2.75, 3.05) is 6.61 Å². The Morgan fingerprint density at radius 3 is 1.85 bits per heavy atom. The van der Waals surface area contributed by atoms with Crippen LogP contribution >= 0.6 is 0 Å². The van der Waals surface area contributed by atoms with Gasteiger partial charge in [0.25, 0.3) is 5.54 Å². The zero-order valence-electron chi connectivity index (χ0n) is 10.9. The molecule has 2 rings (SSSR count). The Morgan fingerprint density at radius 1 is 1.05 bits per heavy atom. The summed E-state index contributed by atoms with van der Waals surface area (Å²) in [5.41, 5.74) is -0.216. The average Bonchev–Trinajstić information content (AvgIpc) is 2.50. The van der Waals surface area contributed by atoms with E-state index in [9.17, 15) is 10.1 Å². The Labute approximate surface area is 119 Å². The molecule has 0 bridgehead atoms. The molecule has 0 saturated carbocycles. The van der Waals surface area contributed by atoms with Gasteiger partial charge in [-0.15, -0.1) is 0 Å². The molecule has 5 nitrogen and oxygen atoms in total. The van der Waals surface area contributed by atoms with E-state index < -0.39 is 15.5 Å². The summed E-state index contributed by atoms with van der Waals surface area (Å²) in [6.45, 7) is -0.0449. The van der Waals surface area contributed by atoms with Crippen LogP contribution in [-0.4, -0.2) is 21.5 Å². The van der Waals surface area contributed by atoms with E-state index in [0.29, 0.717) is 11.1 Å². The fourth-order valence-corrected chi connectivity index (χ4v) is 2.64. The van der Waals surface area contributed by atoms with Crippen LogP contribution in [0.25, 0.3) is 0 Å². The largest absolute Gasteiger partial charge is 0.401 e. The molecule has 104 valence electrons. The van der Waals surface area contributed by atoms with Crippen molar-refractivity contribution in [2.24, 2.45) is 5.40 Å². The lowest BCUT2D eigenvalue weighted by Gasteiger charge is -2.26. The SMILES string of the molecule is N[SiH2]OCC(c1ccccc1)(c1ccccc1)[N+](=O)[O-]. The van der Waals surface area contributed by atoms with Crippen molar-refractivity contribution < 1.29 is 9.35 Å². The maximum absolute atomic E-state index is 11.8. The second-order valence-corrected chi connectivity index (χ2v) is 5.11. The van der Waals surface area contributed by atoms with Crippen LogP contribution in [0.3, 0.4) is 0 Å². The van der Waals surface area contributed by atoms with E-state index in [1.165, 1.54) is 0 Å². The van der Waals surface area contributed by atoms with Gasteiger partial charge in [0.05, 0.1) is 0 Å². The molecule has 6 heteroatoms. The molecular formula is C14H16N2O3Si. The normalized spacial score (nSPS) is 11.8. The summed E-state index contributed by atoms with van der Waals surface area (Å²) in [4.78, 5) is 11.5. The fourth-order valence-electron chi connectivity index (χ4n) is 2.23. The maximum atomic E-state index is 11.8. The van der Waals surface area contributed by atoms with Gasteiger partial charge in [0.1, 0.15) is 6.61 Å². The van der Waals surface area contributed by atoms with Crippen molar-refractivity contribution in [1.29, 1.82) is 0 Å². The summed E-state index contributed by atoms with van der Waals surface area (Å²) >= 11 is 0. The highest BCUT2D eigenvalue weighted by atomic mass is 28.2. The molecule has 0 heterocycles. The van der Waals surface area contributed by atoms with Crippen molar-refractivity contribution in [3.63, 3.8) is 0 Å². The first-order valence-corrected chi connectivity index (χ1v) is 7.64. The predicted molar refractivity (Wildman–Crippen MR) is 79.3 cm³/mol. The number of nitro groups is 1. The van der Waals surface area contributed by atoms with Gasteiger partial charge >= 0.3 is 0 Å². The molecule has 0 spiro atoms. The maximum Gasteiger partial charge on any atom is 0.293 e. The summed E-state index contributed by atoms with van der Waals surface area (Å²) in [7, 11) is -1.21. The van der Waals surface area contributed by atoms with Gasteiger partial charge in [-0.1, -0.05) is 60.7 Å². The molecule has 0 aliphatic carbocycles. The zero-order chi connectivity index (χ0) is 14.4. The first-order chi connectivity index (χ1) is 9.71. The highest BCUT2D eigenvalue weighted by Crippen LogP contribution is 2.33. The number of nitrogens with two attached hydrogens (primary N) is 1. The summed E-state index contributed by atoms with van der Waals surface area (Å²) in [6.07, 6.45) is 0. The van der Waals surface area contributed by atoms with Crippen LogP contribution in [0, 0.1) is 10.1 Å². The van der Waals surface area contributed by atoms with Crippen LogP contribution < -0.4 is 5.40 Å². The van der Waals surface area contributed by atoms with Gasteiger partial charge in [-0.2, -0.15) is 0 Å². The molecule has 0 fully saturated rings. The van der Waals surface area contributed by atoms with E-state index in [1.54, 1.807) is 48.5 Å². The lowest BCUT2D eigenvalue weighted by Crippen LogP contribution is -2.42. The van der Waals surface area contributed by atoms with E-state index in [0.717, 1.165) is 0 Å². The number of rotatable bonds is 6. The van der Waals surface area contributed by atoms with E-state index >= 15 is 0 Å². The van der Waals surface area contributed by atoms with Gasteiger partial charge < -0.3 is 9.83 Å². The summed E-state index contributed by atoms with van der Waals surface area (Å²) in [6, 6.07) is 17.8. The standard InChI is InChI=1S/C14H16N2O3Si/c15-20-19-11-14(16(17)18,12-7-3-1-4-8-12)13-9-5-2-6-10-13/h1-10H,11,15,20H2. The molecule has 20 heavy (non-hydrogen) atoms. The van der Waals surface area contributed by atoms with Crippen molar-refractivity contribution >= 4 is 9.92 Å². The van der Waals surface area contributed by atoms with Crippen LogP contribution in [0.1, 0.15) is 11.1 Å². The molecule has 2 aromatic rings. The molecule has 0 saturated heterocycles. The Balaban J connectivity index is 2.60. The second-order valence-electron chi connectivity index (χ2n) is 4.36. The van der Waals surface area contributed by atoms with Crippen LogP contribution in [0.5, 0.6) is 0 Å². The summed E-state index contributed by atoms with van der Waals surface area (Å²) in [5.74, 6) is 0. The Hall–Kier alpha value is -2.02. The third-order valence-corrected chi connectivity index (χ3v) is 3.68. The first-order valence-electron chi connectivity index (χ1n) is 6.25. The number of nitrogens with zero attached hydrogens (tertiary/aromatic N) is 1. The number of hydrogen-bond donors (Lipinski definition) is 1. The minimum Gasteiger partial charge on any atom is -0.401 e. The first kappa shape index (κ1) is 14.4. The molecule has 2 aromatic carbocycles. The molecule has 0 aliphatic heterocycles. The van der Waals surface area contributed by atoms with Crippen LogP contribution in [0.2, 0.25) is 0 Å². The van der Waals surface area contributed by atoms with Gasteiger partial charge in [0.2, 0.25) is 9.92 Å². The lowest BCUT2D eigenvalue weighted by molar-refractivity contribution is -0.568. The highest BCUT2D eigenvalue weighted by Gasteiger charge is 2.46. The van der Waals surface area contributed by atoms with E-state index in [-0.39, 0.29) is 11.5 Å². The van der Waals surface area contributed by atoms with Gasteiger partial charge in [-0.25, -0.2) is 0 Å². The predicted octanol–water partition coefficient (Wildman–Crippen LogP) is 1.18. The third-order valence-electron chi connectivity index (χ3n) is 3.24. The number of benzene rings is 2. The molecule has 0 radical (unpaired) electrons. The van der Waals surface area contributed by atoms with E-state index in [1.807, 2.05) is 12.1 Å². The molecule has 2 N–H and O–H groups in total. The summed E-state index contributed by atoms with van der Waals surface area (Å²) < 4.78 is 5.34. The van der Waals surface area contributed by atoms with Crippen LogP contribution in [0.4, 0.5) is 0 Å². The molecule has 0 amide bonds. The van der Waals surface area contributed by atoms with Crippen LogP contribution in [-0.2, 0) is 9.96 Å². The minimum absolute atomic E-state index is 0.0449. The topological polar surface area (TPSA) is 78.4 Å². The lowest BCUT2D eigenvalue weighted by atomic mass is 9.84. The monoisotopic (exact) mass is 288 g/mol. The zero-order valence-corrected chi connectivity index (χ0v) is 12.4. The molecule has 0 aromatic heterocycles. The van der Waals surface area contributed by atoms with Gasteiger partial charge in [0.15, 0.2) is 0 Å². The Bertz CT molecular complexity index is 524.